The Labute approximate surface area is 166 Å². The molecule has 0 bridgehead atoms. The molecule has 0 aromatic heterocycles. The van der Waals surface area contributed by atoms with E-state index in [1.807, 2.05) is 0 Å². The first-order valence-corrected chi connectivity index (χ1v) is 8.47. The van der Waals surface area contributed by atoms with Gasteiger partial charge in [0.2, 0.25) is 0 Å². The summed E-state index contributed by atoms with van der Waals surface area (Å²) in [7, 11) is 1.08. The second kappa shape index (κ2) is 9.74. The maximum absolute atomic E-state index is 12.6. The summed E-state index contributed by atoms with van der Waals surface area (Å²) in [6.45, 7) is 0. The van der Waals surface area contributed by atoms with E-state index in [2.05, 4.69) is 15.5 Å². The summed E-state index contributed by atoms with van der Waals surface area (Å²) in [6, 6.07) is 13.3. The fourth-order valence-corrected chi connectivity index (χ4v) is 2.54. The summed E-state index contributed by atoms with van der Waals surface area (Å²) < 4.78 is 4.65. The third-order valence-corrected chi connectivity index (χ3v) is 3.87. The second-order valence-electron chi connectivity index (χ2n) is 5.94. The molecule has 6 N–H and O–H groups in total. The fraction of sp³-hybridized carbons (Fsp3) is 0.158. The Morgan fingerprint density at radius 2 is 1.86 bits per heavy atom. The molecule has 2 aromatic carbocycles. The van der Waals surface area contributed by atoms with Crippen LogP contribution in [0.25, 0.3) is 0 Å². The van der Waals surface area contributed by atoms with E-state index in [9.17, 15) is 19.5 Å². The van der Waals surface area contributed by atoms with E-state index in [-0.39, 0.29) is 17.9 Å². The van der Waals surface area contributed by atoms with Gasteiger partial charge in [-0.2, -0.15) is 0 Å². The molecule has 152 valence electrons. The van der Waals surface area contributed by atoms with Crippen LogP contribution in [-0.4, -0.2) is 47.2 Å². The number of nitrogens with one attached hydrogen (secondary N) is 3. The summed E-state index contributed by atoms with van der Waals surface area (Å²) in [6.07, 6.45) is -1.07. The number of rotatable bonds is 6. The monoisotopic (exact) mass is 399 g/mol. The van der Waals surface area contributed by atoms with E-state index in [0.717, 1.165) is 7.11 Å². The average molecular weight is 399 g/mol. The minimum Gasteiger partial charge on any atom is -0.480 e. The Hall–Kier alpha value is -4.08. The van der Waals surface area contributed by atoms with Gasteiger partial charge in [0, 0.05) is 17.7 Å². The molecular weight excluding hydrogens is 378 g/mol. The molecule has 2 amide bonds. The molecular formula is C19H21N5O5. The number of hydrogen-bond donors (Lipinski definition) is 5. The maximum Gasteiger partial charge on any atom is 0.429 e. The molecule has 0 aliphatic rings. The molecule has 0 spiro atoms. The van der Waals surface area contributed by atoms with Crippen molar-refractivity contribution in [2.45, 2.75) is 12.5 Å². The number of guanidine groups is 1. The van der Waals surface area contributed by atoms with Crippen molar-refractivity contribution < 1.29 is 24.2 Å². The molecule has 2 rings (SSSR count). The maximum atomic E-state index is 12.6. The number of anilines is 1. The zero-order chi connectivity index (χ0) is 21.4. The van der Waals surface area contributed by atoms with Crippen LogP contribution in [0.2, 0.25) is 0 Å². The van der Waals surface area contributed by atoms with Crippen LogP contribution in [-0.2, 0) is 16.0 Å². The third kappa shape index (κ3) is 5.96. The molecule has 29 heavy (non-hydrogen) atoms. The van der Waals surface area contributed by atoms with Crippen LogP contribution in [0.3, 0.4) is 0 Å². The molecule has 1 unspecified atom stereocenters. The number of carboxylic acids is 1. The van der Waals surface area contributed by atoms with Crippen molar-refractivity contribution in [3.8, 4) is 0 Å². The quantitative estimate of drug-likeness (QED) is 0.279. The first-order chi connectivity index (χ1) is 13.8. The van der Waals surface area contributed by atoms with Crippen LogP contribution < -0.4 is 16.5 Å². The molecule has 0 heterocycles. The highest BCUT2D eigenvalue weighted by Crippen LogP contribution is 2.13. The second-order valence-corrected chi connectivity index (χ2v) is 5.94. The normalized spacial score (nSPS) is 11.1. The first-order valence-electron chi connectivity index (χ1n) is 8.47. The number of aliphatic carboxylic acids is 1. The number of hydrogen-bond acceptors (Lipinski definition) is 5. The number of carbonyl (C=O) groups excluding carboxylic acids is 2. The van der Waals surface area contributed by atoms with Crippen LogP contribution in [0, 0.1) is 5.41 Å². The van der Waals surface area contributed by atoms with Crippen molar-refractivity contribution in [2.75, 3.05) is 12.4 Å². The number of benzene rings is 2. The highest BCUT2D eigenvalue weighted by Gasteiger charge is 2.32. The van der Waals surface area contributed by atoms with Crippen molar-refractivity contribution in [3.05, 3.63) is 65.7 Å². The number of nitrogens with zero attached hydrogens (tertiary/aromatic N) is 1. The van der Waals surface area contributed by atoms with Crippen molar-refractivity contribution in [1.82, 2.24) is 10.4 Å². The molecule has 0 radical (unpaired) electrons. The summed E-state index contributed by atoms with van der Waals surface area (Å²) in [4.78, 5) is 36.6. The van der Waals surface area contributed by atoms with Crippen LogP contribution in [0.4, 0.5) is 10.5 Å². The van der Waals surface area contributed by atoms with Crippen molar-refractivity contribution in [2.24, 2.45) is 5.73 Å². The van der Waals surface area contributed by atoms with Crippen molar-refractivity contribution in [3.63, 3.8) is 0 Å². The van der Waals surface area contributed by atoms with Gasteiger partial charge in [-0.15, -0.1) is 0 Å². The van der Waals surface area contributed by atoms with Gasteiger partial charge in [0.05, 0.1) is 7.11 Å². The number of ether oxygens (including phenoxy) is 1. The highest BCUT2D eigenvalue weighted by molar-refractivity contribution is 5.98. The summed E-state index contributed by atoms with van der Waals surface area (Å²) in [5, 5.41) is 20.1. The summed E-state index contributed by atoms with van der Waals surface area (Å²) in [5.41, 5.74) is 8.73. The predicted octanol–water partition coefficient (Wildman–Crippen LogP) is 1.40. The van der Waals surface area contributed by atoms with Gasteiger partial charge in [-0.3, -0.25) is 15.6 Å². The third-order valence-electron chi connectivity index (χ3n) is 3.87. The van der Waals surface area contributed by atoms with Gasteiger partial charge < -0.3 is 20.9 Å². The van der Waals surface area contributed by atoms with Crippen LogP contribution in [0.15, 0.2) is 54.6 Å². The lowest BCUT2D eigenvalue weighted by atomic mass is 10.1. The molecule has 2 aromatic rings. The van der Waals surface area contributed by atoms with E-state index in [4.69, 9.17) is 11.1 Å². The van der Waals surface area contributed by atoms with Gasteiger partial charge in [-0.05, 0) is 23.8 Å². The average Bonchev–Trinajstić information content (AvgIpc) is 2.70. The molecule has 10 heteroatoms. The molecule has 0 fully saturated rings. The van der Waals surface area contributed by atoms with Crippen LogP contribution in [0.1, 0.15) is 15.9 Å². The van der Waals surface area contributed by atoms with E-state index in [1.165, 1.54) is 12.1 Å². The molecule has 0 saturated carbocycles. The van der Waals surface area contributed by atoms with Gasteiger partial charge in [0.15, 0.2) is 12.0 Å². The number of amides is 2. The minimum absolute atomic E-state index is 0.0442. The largest absolute Gasteiger partial charge is 0.480 e. The SMILES string of the molecule is COC(=O)N(NC(=O)c1cccc(NC(=N)N)c1)C(Cc1ccccc1)C(=O)O. The van der Waals surface area contributed by atoms with E-state index in [1.54, 1.807) is 42.5 Å². The number of carbonyl (C=O) groups is 3. The minimum atomic E-state index is -1.40. The fourth-order valence-electron chi connectivity index (χ4n) is 2.54. The molecule has 10 nitrogen and oxygen atoms in total. The zero-order valence-electron chi connectivity index (χ0n) is 15.6. The predicted molar refractivity (Wildman–Crippen MR) is 105 cm³/mol. The Morgan fingerprint density at radius 3 is 2.45 bits per heavy atom. The van der Waals surface area contributed by atoms with Crippen LogP contribution in [0.5, 0.6) is 0 Å². The Morgan fingerprint density at radius 1 is 1.17 bits per heavy atom. The molecule has 0 saturated heterocycles. The Balaban J connectivity index is 2.27. The van der Waals surface area contributed by atoms with E-state index >= 15 is 0 Å². The standard InChI is InChI=1S/C19H21N5O5/c1-29-19(28)24(15(17(26)27)10-12-6-3-2-4-7-12)23-16(25)13-8-5-9-14(11-13)22-18(20)21/h2-9,11,15H,10H2,1H3,(H,23,25)(H,26,27)(H4,20,21,22). The number of nitrogens with two attached hydrogens (primary N) is 1. The molecule has 0 aliphatic carbocycles. The summed E-state index contributed by atoms with van der Waals surface area (Å²) >= 11 is 0. The van der Waals surface area contributed by atoms with Crippen molar-refractivity contribution >= 4 is 29.6 Å². The number of methoxy groups -OCH3 is 1. The Bertz CT molecular complexity index is 903. The highest BCUT2D eigenvalue weighted by atomic mass is 16.5. The molecule has 1 atom stereocenters. The lowest BCUT2D eigenvalue weighted by Crippen LogP contribution is -2.55. The van der Waals surface area contributed by atoms with Gasteiger partial charge in [0.1, 0.15) is 0 Å². The molecule has 0 aliphatic heterocycles. The van der Waals surface area contributed by atoms with E-state index < -0.39 is 24.0 Å². The first kappa shape index (κ1) is 21.2. The Kier molecular flexibility index (Phi) is 7.13. The van der Waals surface area contributed by atoms with Gasteiger partial charge in [-0.25, -0.2) is 14.6 Å². The topological polar surface area (TPSA) is 158 Å². The lowest BCUT2D eigenvalue weighted by molar-refractivity contribution is -0.143. The zero-order valence-corrected chi connectivity index (χ0v) is 15.6. The van der Waals surface area contributed by atoms with Gasteiger partial charge in [-0.1, -0.05) is 36.4 Å². The van der Waals surface area contributed by atoms with Crippen molar-refractivity contribution in [1.29, 1.82) is 5.41 Å². The number of carboxylic acid groups (broad SMARTS) is 1. The lowest BCUT2D eigenvalue weighted by Gasteiger charge is -2.28. The van der Waals surface area contributed by atoms with Gasteiger partial charge in [0.25, 0.3) is 5.91 Å². The smallest absolute Gasteiger partial charge is 0.429 e. The van der Waals surface area contributed by atoms with E-state index in [0.29, 0.717) is 16.3 Å². The summed E-state index contributed by atoms with van der Waals surface area (Å²) in [5.74, 6) is -2.36. The van der Waals surface area contributed by atoms with Crippen LogP contribution >= 0.6 is 0 Å². The number of hydrazine groups is 1. The van der Waals surface area contributed by atoms with Gasteiger partial charge >= 0.3 is 12.1 Å².